The molecule has 1 N–H and O–H groups in total. The summed E-state index contributed by atoms with van der Waals surface area (Å²) in [5.74, 6) is 8.04. The third kappa shape index (κ3) is 4.13. The molecule has 1 unspecified atom stereocenters. The van der Waals surface area contributed by atoms with Crippen molar-refractivity contribution in [3.8, 4) is 24.2 Å². The van der Waals surface area contributed by atoms with Gasteiger partial charge in [0, 0.05) is 18.1 Å². The summed E-state index contributed by atoms with van der Waals surface area (Å²) in [6, 6.07) is 7.29. The second kappa shape index (κ2) is 7.16. The molecule has 0 heterocycles. The highest BCUT2D eigenvalue weighted by Crippen LogP contribution is 2.28. The maximum atomic E-state index is 11.2. The van der Waals surface area contributed by atoms with Crippen LogP contribution in [0.3, 0.4) is 0 Å². The Bertz CT molecular complexity index is 637. The summed E-state index contributed by atoms with van der Waals surface area (Å²) >= 11 is 0. The Labute approximate surface area is 131 Å². The molecule has 0 spiro atoms. The van der Waals surface area contributed by atoms with Gasteiger partial charge in [-0.1, -0.05) is 42.4 Å². The summed E-state index contributed by atoms with van der Waals surface area (Å²) < 4.78 is 5.14. The van der Waals surface area contributed by atoms with Gasteiger partial charge in [0.25, 0.3) is 0 Å². The lowest BCUT2D eigenvalue weighted by Gasteiger charge is -2.26. The molecule has 1 fully saturated rings. The summed E-state index contributed by atoms with van der Waals surface area (Å²) in [6.45, 7) is 1.32. The minimum absolute atomic E-state index is 0.434. The molecule has 3 nitrogen and oxygen atoms in total. The summed E-state index contributed by atoms with van der Waals surface area (Å²) in [6.07, 6.45) is 9.23. The Hall–Kier alpha value is -2.23. The predicted octanol–water partition coefficient (Wildman–Crippen LogP) is 2.97. The monoisotopic (exact) mass is 296 g/mol. The van der Waals surface area contributed by atoms with Crippen molar-refractivity contribution in [1.29, 1.82) is 0 Å². The van der Waals surface area contributed by atoms with Gasteiger partial charge < -0.3 is 9.84 Å². The number of carbonyl (C=O) groups is 1. The van der Waals surface area contributed by atoms with Crippen LogP contribution in [0.15, 0.2) is 24.3 Å². The predicted molar refractivity (Wildman–Crippen MR) is 84.7 cm³/mol. The molecule has 1 aromatic rings. The molecule has 1 aromatic carbocycles. The van der Waals surface area contributed by atoms with E-state index in [1.807, 2.05) is 18.2 Å². The fourth-order valence-corrected chi connectivity index (χ4v) is 2.64. The van der Waals surface area contributed by atoms with Crippen molar-refractivity contribution in [2.75, 3.05) is 0 Å². The molecule has 1 saturated carbocycles. The molecule has 0 aromatic heterocycles. The zero-order valence-corrected chi connectivity index (χ0v) is 12.8. The van der Waals surface area contributed by atoms with Crippen molar-refractivity contribution in [3.05, 3.63) is 35.4 Å². The third-order valence-corrected chi connectivity index (χ3v) is 3.79. The lowest BCUT2D eigenvalue weighted by atomic mass is 9.85. The minimum atomic E-state index is -0.918. The molecule has 1 aliphatic rings. The van der Waals surface area contributed by atoms with Crippen molar-refractivity contribution < 1.29 is 14.6 Å². The highest BCUT2D eigenvalue weighted by Gasteiger charge is 2.26. The third-order valence-electron chi connectivity index (χ3n) is 3.79. The number of esters is 1. The van der Waals surface area contributed by atoms with E-state index in [9.17, 15) is 9.90 Å². The van der Waals surface area contributed by atoms with Gasteiger partial charge in [-0.15, -0.1) is 6.42 Å². The van der Waals surface area contributed by atoms with Gasteiger partial charge in [-0.2, -0.15) is 0 Å². The summed E-state index contributed by atoms with van der Waals surface area (Å²) in [4.78, 5) is 11.2. The van der Waals surface area contributed by atoms with Crippen LogP contribution in [0.1, 0.15) is 56.3 Å². The van der Waals surface area contributed by atoms with Crippen molar-refractivity contribution in [1.82, 2.24) is 0 Å². The maximum Gasteiger partial charge on any atom is 0.304 e. The van der Waals surface area contributed by atoms with E-state index in [4.69, 9.17) is 11.2 Å². The van der Waals surface area contributed by atoms with E-state index in [1.165, 1.54) is 6.92 Å². The molecule has 22 heavy (non-hydrogen) atoms. The van der Waals surface area contributed by atoms with E-state index in [1.54, 1.807) is 6.07 Å². The molecule has 0 radical (unpaired) electrons. The van der Waals surface area contributed by atoms with E-state index in [0.717, 1.165) is 19.3 Å². The van der Waals surface area contributed by atoms with Crippen LogP contribution in [0, 0.1) is 24.2 Å². The molecule has 0 saturated heterocycles. The Morgan fingerprint density at radius 1 is 1.32 bits per heavy atom. The fourth-order valence-electron chi connectivity index (χ4n) is 2.64. The van der Waals surface area contributed by atoms with Gasteiger partial charge in [-0.25, -0.2) is 0 Å². The number of hydrogen-bond acceptors (Lipinski definition) is 3. The normalized spacial score (nSPS) is 17.5. The molecule has 2 rings (SSSR count). The quantitative estimate of drug-likeness (QED) is 0.674. The van der Waals surface area contributed by atoms with Crippen LogP contribution < -0.4 is 0 Å². The average molecular weight is 296 g/mol. The highest BCUT2D eigenvalue weighted by molar-refractivity contribution is 5.67. The van der Waals surface area contributed by atoms with Gasteiger partial charge in [-0.3, -0.25) is 4.79 Å². The minimum Gasteiger partial charge on any atom is -0.444 e. The van der Waals surface area contributed by atoms with E-state index in [2.05, 4.69) is 17.8 Å². The van der Waals surface area contributed by atoms with Crippen molar-refractivity contribution >= 4 is 5.97 Å². The molecular formula is C19H20O3. The van der Waals surface area contributed by atoms with E-state index in [0.29, 0.717) is 24.0 Å². The van der Waals surface area contributed by atoms with Crippen molar-refractivity contribution in [2.45, 2.75) is 50.7 Å². The smallest absolute Gasteiger partial charge is 0.304 e. The highest BCUT2D eigenvalue weighted by atomic mass is 16.5. The Morgan fingerprint density at radius 3 is 2.64 bits per heavy atom. The van der Waals surface area contributed by atoms with Crippen LogP contribution in [0.4, 0.5) is 0 Å². The van der Waals surface area contributed by atoms with E-state index < -0.39 is 17.7 Å². The first-order valence-corrected chi connectivity index (χ1v) is 7.52. The van der Waals surface area contributed by atoms with Crippen molar-refractivity contribution in [3.63, 3.8) is 0 Å². The first-order chi connectivity index (χ1) is 10.5. The second-order valence-electron chi connectivity index (χ2n) is 5.59. The van der Waals surface area contributed by atoms with Crippen LogP contribution in [-0.2, 0) is 9.53 Å². The van der Waals surface area contributed by atoms with Gasteiger partial charge in [0.15, 0.2) is 6.10 Å². The average Bonchev–Trinajstić information content (AvgIpc) is 2.52. The molecule has 1 atom stereocenters. The standard InChI is InChI=1S/C19H20O3/c1-3-18(22-15(2)20)17-10-6-5-9-16(17)11-14-19(21)12-7-4-8-13-19/h1,5-6,9-10,18,21H,4,7-8,12-13H2,2H3. The van der Waals surface area contributed by atoms with Gasteiger partial charge in [-0.05, 0) is 31.7 Å². The van der Waals surface area contributed by atoms with Gasteiger partial charge in [0.2, 0.25) is 0 Å². The van der Waals surface area contributed by atoms with E-state index in [-0.39, 0.29) is 0 Å². The Balaban J connectivity index is 2.29. The fraction of sp³-hybridized carbons (Fsp3) is 0.421. The molecule has 1 aliphatic carbocycles. The maximum absolute atomic E-state index is 11.2. The lowest BCUT2D eigenvalue weighted by Crippen LogP contribution is -2.29. The molecule has 114 valence electrons. The number of rotatable bonds is 2. The zero-order valence-electron chi connectivity index (χ0n) is 12.8. The topological polar surface area (TPSA) is 46.5 Å². The Morgan fingerprint density at radius 2 is 2.00 bits per heavy atom. The Kier molecular flexibility index (Phi) is 5.26. The number of benzene rings is 1. The first-order valence-electron chi connectivity index (χ1n) is 7.52. The molecule has 0 bridgehead atoms. The van der Waals surface area contributed by atoms with Gasteiger partial charge in [0.1, 0.15) is 5.60 Å². The number of terminal acetylenes is 1. The van der Waals surface area contributed by atoms with Crippen LogP contribution >= 0.6 is 0 Å². The lowest BCUT2D eigenvalue weighted by molar-refractivity contribution is -0.144. The molecular weight excluding hydrogens is 276 g/mol. The van der Waals surface area contributed by atoms with Crippen LogP contribution in [0.2, 0.25) is 0 Å². The number of carbonyl (C=O) groups excluding carboxylic acids is 1. The number of aliphatic hydroxyl groups is 1. The van der Waals surface area contributed by atoms with Gasteiger partial charge >= 0.3 is 5.97 Å². The van der Waals surface area contributed by atoms with Gasteiger partial charge in [0.05, 0.1) is 0 Å². The van der Waals surface area contributed by atoms with Crippen molar-refractivity contribution in [2.24, 2.45) is 0 Å². The van der Waals surface area contributed by atoms with E-state index >= 15 is 0 Å². The first kappa shape index (κ1) is 16.1. The van der Waals surface area contributed by atoms with Crippen LogP contribution in [0.5, 0.6) is 0 Å². The largest absolute Gasteiger partial charge is 0.444 e. The summed E-state index contributed by atoms with van der Waals surface area (Å²) in [5, 5.41) is 10.5. The van der Waals surface area contributed by atoms with Crippen LogP contribution in [0.25, 0.3) is 0 Å². The number of ether oxygens (including phenoxy) is 1. The molecule has 0 aliphatic heterocycles. The number of hydrogen-bond donors (Lipinski definition) is 1. The summed E-state index contributed by atoms with van der Waals surface area (Å²) in [5.41, 5.74) is 0.441. The SMILES string of the molecule is C#CC(OC(C)=O)c1ccccc1C#CC1(O)CCCCC1. The molecule has 3 heteroatoms. The zero-order chi connectivity index (χ0) is 16.0. The second-order valence-corrected chi connectivity index (χ2v) is 5.59. The summed E-state index contributed by atoms with van der Waals surface area (Å²) in [7, 11) is 0. The van der Waals surface area contributed by atoms with Crippen LogP contribution in [-0.4, -0.2) is 16.7 Å². The molecule has 0 amide bonds.